The van der Waals surface area contributed by atoms with Gasteiger partial charge in [0.15, 0.2) is 18.5 Å². The third-order valence-corrected chi connectivity index (χ3v) is 3.68. The van der Waals surface area contributed by atoms with E-state index < -0.39 is 64.5 Å². The molecule has 3 nitrogen and oxygen atoms in total. The Bertz CT molecular complexity index is 579. The minimum absolute atomic E-state index is 4.32. The molecule has 0 aromatic rings. The van der Waals surface area contributed by atoms with Crippen molar-refractivity contribution >= 4 is 10.1 Å². The van der Waals surface area contributed by atoms with Gasteiger partial charge in [-0.25, -0.2) is 30.7 Å². The quantitative estimate of drug-likeness (QED) is 0.438. The van der Waals surface area contributed by atoms with Crippen LogP contribution in [-0.4, -0.2) is 67.4 Å². The summed E-state index contributed by atoms with van der Waals surface area (Å²) in [5.74, 6) is -21.7. The van der Waals surface area contributed by atoms with Crippen LogP contribution in [0.4, 0.5) is 57.1 Å². The molecule has 0 aromatic carbocycles. The van der Waals surface area contributed by atoms with Gasteiger partial charge in [0.25, 0.3) is 11.9 Å². The molecular formula is C9H7F13O3S. The number of hydrogen-bond donors (Lipinski definition) is 1. The van der Waals surface area contributed by atoms with Crippen LogP contribution in [0.1, 0.15) is 0 Å². The van der Waals surface area contributed by atoms with E-state index in [2.05, 4.69) is 0 Å². The van der Waals surface area contributed by atoms with Crippen LogP contribution in [-0.2, 0) is 10.1 Å². The smallest absolute Gasteiger partial charge is 0.283 e. The number of rotatable bonds is 9. The molecule has 5 unspecified atom stereocenters. The first-order chi connectivity index (χ1) is 11.2. The zero-order valence-electron chi connectivity index (χ0n) is 11.5. The van der Waals surface area contributed by atoms with Crippen molar-refractivity contribution in [1.29, 1.82) is 0 Å². The van der Waals surface area contributed by atoms with Crippen molar-refractivity contribution in [1.82, 2.24) is 0 Å². The Morgan fingerprint density at radius 2 is 1.04 bits per heavy atom. The predicted molar refractivity (Wildman–Crippen MR) is 56.9 cm³/mol. The van der Waals surface area contributed by atoms with Crippen LogP contribution in [0.5, 0.6) is 0 Å². The summed E-state index contributed by atoms with van der Waals surface area (Å²) >= 11 is 0. The van der Waals surface area contributed by atoms with Crippen LogP contribution in [0, 0.1) is 0 Å². The zero-order valence-corrected chi connectivity index (χ0v) is 12.4. The average molecular weight is 442 g/mol. The summed E-state index contributed by atoms with van der Waals surface area (Å²) in [6.07, 6.45) is -23.6. The van der Waals surface area contributed by atoms with E-state index in [0.29, 0.717) is 0 Å². The van der Waals surface area contributed by atoms with Crippen LogP contribution < -0.4 is 0 Å². The SMILES string of the molecule is O=S(=O)(O)C(F)C(F)(F)C(F)(F)C(F)(F)C(F)C(F)C(F)C(F)C(F)F. The molecule has 0 amide bonds. The van der Waals surface area contributed by atoms with Crippen LogP contribution in [0.15, 0.2) is 0 Å². The maximum absolute atomic E-state index is 13.1. The topological polar surface area (TPSA) is 54.4 Å². The second-order valence-electron chi connectivity index (χ2n) is 4.72. The Morgan fingerprint density at radius 1 is 0.654 bits per heavy atom. The zero-order chi connectivity index (χ0) is 21.5. The molecule has 0 radical (unpaired) electrons. The number of halogens is 13. The monoisotopic (exact) mass is 442 g/mol. The lowest BCUT2D eigenvalue weighted by atomic mass is 9.95. The molecule has 0 saturated heterocycles. The van der Waals surface area contributed by atoms with E-state index in [9.17, 15) is 65.5 Å². The van der Waals surface area contributed by atoms with E-state index in [-0.39, 0.29) is 0 Å². The highest BCUT2D eigenvalue weighted by Gasteiger charge is 2.80. The number of alkyl halides is 13. The lowest BCUT2D eigenvalue weighted by molar-refractivity contribution is -0.337. The normalized spacial score (nSPS) is 20.6. The molecule has 0 aliphatic heterocycles. The summed E-state index contributed by atoms with van der Waals surface area (Å²) in [6.45, 7) is 0. The van der Waals surface area contributed by atoms with Crippen LogP contribution in [0.3, 0.4) is 0 Å². The highest BCUT2D eigenvalue weighted by atomic mass is 32.2. The van der Waals surface area contributed by atoms with Gasteiger partial charge >= 0.3 is 27.9 Å². The summed E-state index contributed by atoms with van der Waals surface area (Å²) < 4.78 is 194. The predicted octanol–water partition coefficient (Wildman–Crippen LogP) is 3.69. The lowest BCUT2D eigenvalue weighted by Gasteiger charge is -2.36. The molecule has 5 atom stereocenters. The highest BCUT2D eigenvalue weighted by Crippen LogP contribution is 2.52. The van der Waals surface area contributed by atoms with E-state index in [0.717, 1.165) is 0 Å². The van der Waals surface area contributed by atoms with Crippen LogP contribution in [0.2, 0.25) is 0 Å². The molecule has 0 aliphatic rings. The van der Waals surface area contributed by atoms with Crippen molar-refractivity contribution in [2.24, 2.45) is 0 Å². The van der Waals surface area contributed by atoms with Gasteiger partial charge in [-0.1, -0.05) is 0 Å². The summed E-state index contributed by atoms with van der Waals surface area (Å²) in [4.78, 5) is 0. The maximum Gasteiger partial charge on any atom is 0.379 e. The van der Waals surface area contributed by atoms with E-state index in [1.165, 1.54) is 0 Å². The highest BCUT2D eigenvalue weighted by molar-refractivity contribution is 7.86. The first-order valence-corrected chi connectivity index (χ1v) is 7.33. The van der Waals surface area contributed by atoms with E-state index in [4.69, 9.17) is 4.55 Å². The second-order valence-corrected chi connectivity index (χ2v) is 6.16. The fourth-order valence-electron chi connectivity index (χ4n) is 1.40. The Balaban J connectivity index is 5.90. The van der Waals surface area contributed by atoms with Gasteiger partial charge in [0.05, 0.1) is 0 Å². The fraction of sp³-hybridized carbons (Fsp3) is 1.00. The first kappa shape index (κ1) is 25.0. The molecule has 17 heteroatoms. The van der Waals surface area contributed by atoms with Gasteiger partial charge in [-0.05, 0) is 0 Å². The molecule has 158 valence electrons. The molecule has 0 heterocycles. The first-order valence-electron chi connectivity index (χ1n) is 5.82. The Labute approximate surface area is 135 Å². The van der Waals surface area contributed by atoms with Crippen molar-refractivity contribution in [2.45, 2.75) is 54.4 Å². The molecule has 0 saturated carbocycles. The van der Waals surface area contributed by atoms with Gasteiger partial charge in [0.1, 0.15) is 0 Å². The lowest BCUT2D eigenvalue weighted by Crippen LogP contribution is -2.65. The van der Waals surface area contributed by atoms with Crippen molar-refractivity contribution in [2.75, 3.05) is 0 Å². The largest absolute Gasteiger partial charge is 0.379 e. The van der Waals surface area contributed by atoms with Gasteiger partial charge in [-0.3, -0.25) is 4.55 Å². The second kappa shape index (κ2) is 7.55. The van der Waals surface area contributed by atoms with Gasteiger partial charge in [0, 0.05) is 0 Å². The molecule has 0 aromatic heterocycles. The summed E-state index contributed by atoms with van der Waals surface area (Å²) in [5, 5.41) is 0. The molecule has 0 bridgehead atoms. The molecule has 26 heavy (non-hydrogen) atoms. The summed E-state index contributed by atoms with van der Waals surface area (Å²) in [7, 11) is -6.77. The third-order valence-electron chi connectivity index (χ3n) is 2.86. The van der Waals surface area contributed by atoms with Crippen molar-refractivity contribution < 1.29 is 70.0 Å². The van der Waals surface area contributed by atoms with E-state index in [1.807, 2.05) is 0 Å². The fourth-order valence-corrected chi connectivity index (χ4v) is 1.92. The molecule has 0 aliphatic carbocycles. The Morgan fingerprint density at radius 3 is 1.35 bits per heavy atom. The molecule has 0 spiro atoms. The van der Waals surface area contributed by atoms with Crippen molar-refractivity contribution in [3.05, 3.63) is 0 Å². The van der Waals surface area contributed by atoms with Gasteiger partial charge in [0.2, 0.25) is 6.17 Å². The Hall–Kier alpha value is -1.00. The summed E-state index contributed by atoms with van der Waals surface area (Å²) in [5.41, 5.74) is -5.46. The molecular weight excluding hydrogens is 435 g/mol. The molecule has 1 N–H and O–H groups in total. The van der Waals surface area contributed by atoms with Gasteiger partial charge in [-0.2, -0.15) is 34.8 Å². The number of hydrogen-bond acceptors (Lipinski definition) is 2. The van der Waals surface area contributed by atoms with Gasteiger partial charge in [-0.15, -0.1) is 0 Å². The van der Waals surface area contributed by atoms with Gasteiger partial charge < -0.3 is 0 Å². The standard InChI is InChI=1S/C9H7F13O3S/c10-1(3(12)5(14)15)2(11)4(13)7(17,18)9(21,22)8(19,20)6(16)26(23,24)25/h1-6H,(H,23,24,25). The third kappa shape index (κ3) is 4.28. The molecule has 0 rings (SSSR count). The maximum atomic E-state index is 13.1. The average Bonchev–Trinajstić information content (AvgIpc) is 2.49. The summed E-state index contributed by atoms with van der Waals surface area (Å²) in [6, 6.07) is 0. The van der Waals surface area contributed by atoms with E-state index >= 15 is 0 Å². The minimum Gasteiger partial charge on any atom is -0.283 e. The minimum atomic E-state index is -7.44. The Kier molecular flexibility index (Phi) is 7.26. The van der Waals surface area contributed by atoms with Crippen LogP contribution >= 0.6 is 0 Å². The van der Waals surface area contributed by atoms with Crippen molar-refractivity contribution in [3.63, 3.8) is 0 Å². The van der Waals surface area contributed by atoms with Crippen molar-refractivity contribution in [3.8, 4) is 0 Å². The van der Waals surface area contributed by atoms with Crippen LogP contribution in [0.25, 0.3) is 0 Å². The molecule has 0 fully saturated rings. The van der Waals surface area contributed by atoms with E-state index in [1.54, 1.807) is 0 Å².